The van der Waals surface area contributed by atoms with Crippen molar-refractivity contribution in [1.82, 2.24) is 20.7 Å². The Bertz CT molecular complexity index is 1080. The van der Waals surface area contributed by atoms with Gasteiger partial charge in [-0.15, -0.1) is 0 Å². The summed E-state index contributed by atoms with van der Waals surface area (Å²) in [5.74, 6) is -0.824. The Kier molecular flexibility index (Phi) is 5.78. The van der Waals surface area contributed by atoms with Crippen molar-refractivity contribution in [1.29, 1.82) is 0 Å². The van der Waals surface area contributed by atoms with Crippen LogP contribution in [0.15, 0.2) is 54.9 Å². The molecule has 0 amide bonds. The van der Waals surface area contributed by atoms with Gasteiger partial charge in [0.05, 0.1) is 16.6 Å². The van der Waals surface area contributed by atoms with Crippen molar-refractivity contribution in [2.75, 3.05) is 5.43 Å². The molecule has 7 nitrogen and oxygen atoms in total. The zero-order valence-electron chi connectivity index (χ0n) is 15.7. The van der Waals surface area contributed by atoms with Gasteiger partial charge < -0.3 is 10.4 Å². The van der Waals surface area contributed by atoms with Gasteiger partial charge in [-0.05, 0) is 48.3 Å². The quantitative estimate of drug-likeness (QED) is 0.362. The minimum Gasteiger partial charge on any atom is -0.478 e. The summed E-state index contributed by atoms with van der Waals surface area (Å²) in [4.78, 5) is 19.6. The molecule has 3 aromatic rings. The Morgan fingerprint density at radius 3 is 2.73 bits per heavy atom. The number of anilines is 1. The number of halogens is 1. The maximum absolute atomic E-state index is 11.0. The van der Waals surface area contributed by atoms with Gasteiger partial charge in [0.2, 0.25) is 0 Å². The number of carbonyl (C=O) groups is 1. The lowest BCUT2D eigenvalue weighted by molar-refractivity contribution is 0.0696. The molecule has 2 heterocycles. The van der Waals surface area contributed by atoms with E-state index in [2.05, 4.69) is 44.3 Å². The SMILES string of the molecule is O=C(O)c1cnc(NNC(=S)NC2c3ccccc3CCc3ncccc32)c(Cl)c1. The average molecular weight is 440 g/mol. The van der Waals surface area contributed by atoms with E-state index < -0.39 is 5.97 Å². The van der Waals surface area contributed by atoms with Gasteiger partial charge in [-0.25, -0.2) is 9.78 Å². The molecular formula is C21H18ClN5O2S. The fourth-order valence-corrected chi connectivity index (χ4v) is 3.85. The number of carboxylic acids is 1. The number of rotatable bonds is 4. The Morgan fingerprint density at radius 2 is 1.93 bits per heavy atom. The summed E-state index contributed by atoms with van der Waals surface area (Å²) in [7, 11) is 0. The molecule has 4 rings (SSSR count). The van der Waals surface area contributed by atoms with Crippen LogP contribution in [-0.4, -0.2) is 26.2 Å². The number of aromatic carboxylic acids is 1. The maximum atomic E-state index is 11.0. The molecule has 1 aromatic carbocycles. The van der Waals surface area contributed by atoms with Crippen molar-refractivity contribution in [2.45, 2.75) is 18.9 Å². The normalized spacial score (nSPS) is 14.6. The molecule has 1 atom stereocenters. The highest BCUT2D eigenvalue weighted by atomic mass is 35.5. The topological polar surface area (TPSA) is 99.2 Å². The number of hydrogen-bond acceptors (Lipinski definition) is 5. The van der Waals surface area contributed by atoms with Gasteiger partial charge in [0.1, 0.15) is 0 Å². The third-order valence-electron chi connectivity index (χ3n) is 4.89. The first-order chi connectivity index (χ1) is 14.5. The summed E-state index contributed by atoms with van der Waals surface area (Å²) in [6.07, 6.45) is 4.79. The zero-order chi connectivity index (χ0) is 21.1. The second-order valence-corrected chi connectivity index (χ2v) is 7.57. The van der Waals surface area contributed by atoms with Gasteiger partial charge in [0, 0.05) is 23.7 Å². The lowest BCUT2D eigenvalue weighted by atomic mass is 9.96. The van der Waals surface area contributed by atoms with Gasteiger partial charge in [0.15, 0.2) is 10.9 Å². The van der Waals surface area contributed by atoms with E-state index in [1.165, 1.54) is 17.8 Å². The van der Waals surface area contributed by atoms with Crippen molar-refractivity contribution < 1.29 is 9.90 Å². The van der Waals surface area contributed by atoms with Crippen LogP contribution in [-0.2, 0) is 12.8 Å². The first kappa shape index (κ1) is 20.1. The van der Waals surface area contributed by atoms with Gasteiger partial charge in [-0.2, -0.15) is 0 Å². The van der Waals surface area contributed by atoms with Gasteiger partial charge >= 0.3 is 5.97 Å². The summed E-state index contributed by atoms with van der Waals surface area (Å²) in [5, 5.41) is 12.9. The van der Waals surface area contributed by atoms with E-state index in [4.69, 9.17) is 28.9 Å². The number of pyridine rings is 2. The Balaban J connectivity index is 1.53. The van der Waals surface area contributed by atoms with Crippen LogP contribution in [0.3, 0.4) is 0 Å². The molecule has 0 saturated heterocycles. The molecule has 0 bridgehead atoms. The van der Waals surface area contributed by atoms with Crippen LogP contribution in [0, 0.1) is 0 Å². The van der Waals surface area contributed by atoms with Crippen LogP contribution in [0.4, 0.5) is 5.82 Å². The number of benzene rings is 1. The average Bonchev–Trinajstić information content (AvgIpc) is 2.90. The van der Waals surface area contributed by atoms with E-state index in [0.717, 1.165) is 29.7 Å². The third-order valence-corrected chi connectivity index (χ3v) is 5.40. The largest absolute Gasteiger partial charge is 0.478 e. The summed E-state index contributed by atoms with van der Waals surface area (Å²) in [6.45, 7) is 0. The highest BCUT2D eigenvalue weighted by Crippen LogP contribution is 2.31. The fraction of sp³-hybridized carbons (Fsp3) is 0.143. The molecule has 2 aromatic heterocycles. The molecule has 0 saturated carbocycles. The van der Waals surface area contributed by atoms with Crippen LogP contribution >= 0.6 is 23.8 Å². The second-order valence-electron chi connectivity index (χ2n) is 6.75. The minimum absolute atomic E-state index is 0.00502. The predicted octanol–water partition coefficient (Wildman–Crippen LogP) is 3.51. The number of aryl methyl sites for hydroxylation is 2. The fourth-order valence-electron chi connectivity index (χ4n) is 3.47. The van der Waals surface area contributed by atoms with E-state index in [1.807, 2.05) is 18.2 Å². The first-order valence-electron chi connectivity index (χ1n) is 9.26. The van der Waals surface area contributed by atoms with E-state index in [0.29, 0.717) is 5.11 Å². The molecular weight excluding hydrogens is 422 g/mol. The Morgan fingerprint density at radius 1 is 1.13 bits per heavy atom. The number of fused-ring (bicyclic) bond motifs is 2. The molecule has 1 aliphatic carbocycles. The maximum Gasteiger partial charge on any atom is 0.337 e. The molecule has 1 unspecified atom stereocenters. The molecule has 152 valence electrons. The number of nitrogens with zero attached hydrogens (tertiary/aromatic N) is 2. The van der Waals surface area contributed by atoms with Crippen LogP contribution < -0.4 is 16.2 Å². The standard InChI is InChI=1S/C21H18ClN5O2S/c22-16-10-13(20(28)29)11-24-19(16)26-27-21(30)25-18-14-5-2-1-4-12(14)7-8-17-15(18)6-3-9-23-17/h1-6,9-11,18H,7-8H2,(H,24,26)(H,28,29)(H2,25,27,30). The lowest BCUT2D eigenvalue weighted by Gasteiger charge is -2.23. The second kappa shape index (κ2) is 8.64. The number of thiocarbonyl (C=S) groups is 1. The van der Waals surface area contributed by atoms with Crippen molar-refractivity contribution in [3.05, 3.63) is 87.8 Å². The highest BCUT2D eigenvalue weighted by Gasteiger charge is 2.24. The monoisotopic (exact) mass is 439 g/mol. The van der Waals surface area contributed by atoms with E-state index in [-0.39, 0.29) is 22.4 Å². The van der Waals surface area contributed by atoms with Crippen LogP contribution in [0.2, 0.25) is 5.02 Å². The van der Waals surface area contributed by atoms with E-state index in [9.17, 15) is 4.79 Å². The number of nitrogens with one attached hydrogen (secondary N) is 3. The molecule has 0 aliphatic heterocycles. The van der Waals surface area contributed by atoms with Crippen molar-refractivity contribution in [3.63, 3.8) is 0 Å². The first-order valence-corrected chi connectivity index (χ1v) is 10.0. The summed E-state index contributed by atoms with van der Waals surface area (Å²) in [6, 6.07) is 13.4. The molecule has 4 N–H and O–H groups in total. The molecule has 0 radical (unpaired) electrons. The molecule has 9 heteroatoms. The number of hydrazine groups is 1. The molecule has 0 fully saturated rings. The molecule has 0 spiro atoms. The summed E-state index contributed by atoms with van der Waals surface area (Å²) < 4.78 is 0. The van der Waals surface area contributed by atoms with Gasteiger partial charge in [-0.1, -0.05) is 41.9 Å². The number of aromatic nitrogens is 2. The number of carboxylic acid groups (broad SMARTS) is 1. The predicted molar refractivity (Wildman–Crippen MR) is 119 cm³/mol. The third kappa shape index (κ3) is 4.19. The van der Waals surface area contributed by atoms with Gasteiger partial charge in [0.25, 0.3) is 0 Å². The van der Waals surface area contributed by atoms with E-state index in [1.54, 1.807) is 6.20 Å². The van der Waals surface area contributed by atoms with Crippen LogP contribution in [0.25, 0.3) is 0 Å². The van der Waals surface area contributed by atoms with Crippen LogP contribution in [0.1, 0.15) is 38.8 Å². The Labute approximate surface area is 183 Å². The van der Waals surface area contributed by atoms with Crippen molar-refractivity contribution >= 4 is 40.7 Å². The Hall–Kier alpha value is -3.23. The van der Waals surface area contributed by atoms with Crippen LogP contribution in [0.5, 0.6) is 0 Å². The summed E-state index contributed by atoms with van der Waals surface area (Å²) >= 11 is 11.6. The van der Waals surface area contributed by atoms with E-state index >= 15 is 0 Å². The molecule has 30 heavy (non-hydrogen) atoms. The van der Waals surface area contributed by atoms with Gasteiger partial charge in [-0.3, -0.25) is 15.8 Å². The molecule has 1 aliphatic rings. The minimum atomic E-state index is -1.10. The summed E-state index contributed by atoms with van der Waals surface area (Å²) in [5.41, 5.74) is 10.2. The van der Waals surface area contributed by atoms with Crippen molar-refractivity contribution in [2.24, 2.45) is 0 Å². The van der Waals surface area contributed by atoms with Crippen molar-refractivity contribution in [3.8, 4) is 0 Å². The lowest BCUT2D eigenvalue weighted by Crippen LogP contribution is -2.41. The smallest absolute Gasteiger partial charge is 0.337 e. The zero-order valence-corrected chi connectivity index (χ0v) is 17.3. The highest BCUT2D eigenvalue weighted by molar-refractivity contribution is 7.80. The number of hydrogen-bond donors (Lipinski definition) is 4.